The van der Waals surface area contributed by atoms with E-state index in [4.69, 9.17) is 3.82 Å². The van der Waals surface area contributed by atoms with Crippen LogP contribution in [-0.2, 0) is 19.6 Å². The Morgan fingerprint density at radius 3 is 2.07 bits per heavy atom. The Hall–Kier alpha value is -0.501. The first-order chi connectivity index (χ1) is 7.02. The number of hydrogen-bond donors (Lipinski definition) is 0. The van der Waals surface area contributed by atoms with Gasteiger partial charge in [0.1, 0.15) is 0 Å². The first kappa shape index (κ1) is 11.0. The SMILES string of the molecule is Cc1c(C)c(C)c2c(c1C)CO[Se](=O)C2. The van der Waals surface area contributed by atoms with Crippen molar-refractivity contribution < 1.29 is 7.65 Å². The van der Waals surface area contributed by atoms with Gasteiger partial charge in [-0.2, -0.15) is 0 Å². The molecule has 1 aliphatic rings. The van der Waals surface area contributed by atoms with Crippen LogP contribution < -0.4 is 0 Å². The molecule has 15 heavy (non-hydrogen) atoms. The zero-order valence-electron chi connectivity index (χ0n) is 9.64. The van der Waals surface area contributed by atoms with E-state index in [1.807, 2.05) is 0 Å². The average Bonchev–Trinajstić information content (AvgIpc) is 2.23. The molecule has 1 atom stereocenters. The summed E-state index contributed by atoms with van der Waals surface area (Å²) >= 11 is -2.04. The van der Waals surface area contributed by atoms with Gasteiger partial charge in [-0.25, -0.2) is 0 Å². The number of benzene rings is 1. The Balaban J connectivity index is 2.70. The Labute approximate surface area is 95.1 Å². The zero-order valence-corrected chi connectivity index (χ0v) is 11.4. The van der Waals surface area contributed by atoms with Crippen LogP contribution in [0.3, 0.4) is 0 Å². The fourth-order valence-corrected chi connectivity index (χ4v) is 4.15. The molecular weight excluding hydrogens is 255 g/mol. The molecule has 0 aliphatic carbocycles. The van der Waals surface area contributed by atoms with Crippen molar-refractivity contribution >= 4 is 14.2 Å². The molecule has 0 aromatic heterocycles. The van der Waals surface area contributed by atoms with Crippen molar-refractivity contribution in [1.29, 1.82) is 0 Å². The molecule has 0 radical (unpaired) electrons. The minimum absolute atomic E-state index is 0.539. The van der Waals surface area contributed by atoms with Gasteiger partial charge in [0, 0.05) is 0 Å². The van der Waals surface area contributed by atoms with Gasteiger partial charge in [-0.15, -0.1) is 0 Å². The van der Waals surface area contributed by atoms with Crippen LogP contribution in [0.5, 0.6) is 0 Å². The molecular formula is C12H16O2Se. The summed E-state index contributed by atoms with van der Waals surface area (Å²) in [6.45, 7) is 9.10. The summed E-state index contributed by atoms with van der Waals surface area (Å²) < 4.78 is 16.8. The predicted octanol–water partition coefficient (Wildman–Crippen LogP) is 2.45. The monoisotopic (exact) mass is 272 g/mol. The summed E-state index contributed by atoms with van der Waals surface area (Å²) in [5.41, 5.74) is 7.85. The van der Waals surface area contributed by atoms with Crippen molar-refractivity contribution in [3.8, 4) is 0 Å². The topological polar surface area (TPSA) is 26.3 Å². The van der Waals surface area contributed by atoms with Crippen molar-refractivity contribution in [2.75, 3.05) is 0 Å². The van der Waals surface area contributed by atoms with Crippen LogP contribution in [0.25, 0.3) is 0 Å². The van der Waals surface area contributed by atoms with E-state index in [0.29, 0.717) is 11.9 Å². The van der Waals surface area contributed by atoms with Crippen LogP contribution in [0.15, 0.2) is 0 Å². The molecule has 3 heteroatoms. The van der Waals surface area contributed by atoms with E-state index in [2.05, 4.69) is 27.7 Å². The number of rotatable bonds is 0. The standard InChI is InChI=1S/C12H16O2Se/c1-7-8(2)10(4)12-6-15(13)14-5-11(12)9(7)3/h5-6H2,1-4H3. The van der Waals surface area contributed by atoms with Crippen molar-refractivity contribution in [3.63, 3.8) is 0 Å². The minimum atomic E-state index is -2.04. The van der Waals surface area contributed by atoms with E-state index in [1.165, 1.54) is 33.4 Å². The molecule has 1 aromatic carbocycles. The molecule has 0 bridgehead atoms. The second kappa shape index (κ2) is 3.82. The molecule has 2 rings (SSSR count). The van der Waals surface area contributed by atoms with Crippen LogP contribution in [0, 0.1) is 27.7 Å². The molecule has 1 aromatic rings. The van der Waals surface area contributed by atoms with Crippen LogP contribution in [-0.4, -0.2) is 14.2 Å². The van der Waals surface area contributed by atoms with Gasteiger partial charge in [0.2, 0.25) is 0 Å². The zero-order chi connectivity index (χ0) is 11.2. The Morgan fingerprint density at radius 2 is 1.47 bits per heavy atom. The summed E-state index contributed by atoms with van der Waals surface area (Å²) in [7, 11) is 0. The molecule has 1 heterocycles. The quantitative estimate of drug-likeness (QED) is 0.677. The van der Waals surface area contributed by atoms with Crippen LogP contribution >= 0.6 is 0 Å². The molecule has 0 amide bonds. The number of fused-ring (bicyclic) bond motifs is 1. The first-order valence-electron chi connectivity index (χ1n) is 5.12. The van der Waals surface area contributed by atoms with Gasteiger partial charge in [-0.05, 0) is 0 Å². The molecule has 1 unspecified atom stereocenters. The summed E-state index contributed by atoms with van der Waals surface area (Å²) in [5.74, 6) is 0. The molecule has 0 saturated carbocycles. The first-order valence-corrected chi connectivity index (χ1v) is 7.73. The summed E-state index contributed by atoms with van der Waals surface area (Å²) in [6, 6.07) is 0. The molecule has 2 nitrogen and oxygen atoms in total. The summed E-state index contributed by atoms with van der Waals surface area (Å²) in [5, 5.41) is 0.642. The van der Waals surface area contributed by atoms with E-state index < -0.39 is 14.2 Å². The summed E-state index contributed by atoms with van der Waals surface area (Å²) in [6.07, 6.45) is 0. The van der Waals surface area contributed by atoms with Crippen LogP contribution in [0.2, 0.25) is 0 Å². The fraction of sp³-hybridized carbons (Fsp3) is 0.500. The van der Waals surface area contributed by atoms with Gasteiger partial charge < -0.3 is 0 Å². The molecule has 0 N–H and O–H groups in total. The van der Waals surface area contributed by atoms with Crippen LogP contribution in [0.1, 0.15) is 33.4 Å². The molecule has 0 fully saturated rings. The van der Waals surface area contributed by atoms with E-state index >= 15 is 0 Å². The van der Waals surface area contributed by atoms with Gasteiger partial charge in [0.15, 0.2) is 0 Å². The van der Waals surface area contributed by atoms with E-state index in [9.17, 15) is 3.83 Å². The van der Waals surface area contributed by atoms with Gasteiger partial charge in [-0.3, -0.25) is 0 Å². The van der Waals surface area contributed by atoms with Crippen molar-refractivity contribution in [1.82, 2.24) is 0 Å². The average molecular weight is 271 g/mol. The molecule has 82 valence electrons. The normalized spacial score (nSPS) is 20.1. The molecule has 0 spiro atoms. The van der Waals surface area contributed by atoms with Crippen molar-refractivity contribution in [2.45, 2.75) is 39.6 Å². The predicted molar refractivity (Wildman–Crippen MR) is 60.3 cm³/mol. The number of hydrogen-bond acceptors (Lipinski definition) is 2. The Morgan fingerprint density at radius 1 is 0.933 bits per heavy atom. The third-order valence-electron chi connectivity index (χ3n) is 3.55. The van der Waals surface area contributed by atoms with Crippen molar-refractivity contribution in [3.05, 3.63) is 33.4 Å². The second-order valence-electron chi connectivity index (χ2n) is 4.17. The second-order valence-corrected chi connectivity index (χ2v) is 6.54. The maximum absolute atomic E-state index is 11.5. The van der Waals surface area contributed by atoms with Gasteiger partial charge >= 0.3 is 94.8 Å². The van der Waals surface area contributed by atoms with Gasteiger partial charge in [-0.1, -0.05) is 0 Å². The fourth-order valence-electron chi connectivity index (χ4n) is 2.14. The van der Waals surface area contributed by atoms with Gasteiger partial charge in [0.05, 0.1) is 0 Å². The summed E-state index contributed by atoms with van der Waals surface area (Å²) in [4.78, 5) is 0. The Bertz CT molecular complexity index is 450. The third kappa shape index (κ3) is 1.69. The molecule has 0 saturated heterocycles. The van der Waals surface area contributed by atoms with Gasteiger partial charge in [0.25, 0.3) is 0 Å². The van der Waals surface area contributed by atoms with E-state index in [-0.39, 0.29) is 0 Å². The Kier molecular flexibility index (Phi) is 2.80. The van der Waals surface area contributed by atoms with E-state index in [1.54, 1.807) is 0 Å². The third-order valence-corrected chi connectivity index (χ3v) is 5.45. The maximum atomic E-state index is 11.5. The van der Waals surface area contributed by atoms with E-state index in [0.717, 1.165) is 0 Å². The van der Waals surface area contributed by atoms with Crippen LogP contribution in [0.4, 0.5) is 0 Å². The van der Waals surface area contributed by atoms with Crippen molar-refractivity contribution in [2.24, 2.45) is 0 Å². The molecule has 1 aliphatic heterocycles.